The lowest BCUT2D eigenvalue weighted by atomic mass is 10.1. The van der Waals surface area contributed by atoms with Crippen LogP contribution in [0, 0.1) is 13.8 Å². The van der Waals surface area contributed by atoms with Crippen molar-refractivity contribution in [3.8, 4) is 0 Å². The normalized spacial score (nSPS) is 14.9. The van der Waals surface area contributed by atoms with Gasteiger partial charge in [0.25, 0.3) is 5.91 Å². The molecule has 1 N–H and O–H groups in total. The van der Waals surface area contributed by atoms with Crippen molar-refractivity contribution in [2.45, 2.75) is 33.2 Å². The minimum absolute atomic E-state index is 0.307. The summed E-state index contributed by atoms with van der Waals surface area (Å²) >= 11 is 0. The van der Waals surface area contributed by atoms with Crippen molar-refractivity contribution in [1.82, 2.24) is 10.3 Å². The molecule has 7 nitrogen and oxygen atoms in total. The van der Waals surface area contributed by atoms with Gasteiger partial charge in [-0.2, -0.15) is 5.10 Å². The van der Waals surface area contributed by atoms with Gasteiger partial charge in [-0.05, 0) is 42.7 Å². The Morgan fingerprint density at radius 2 is 1.74 bits per heavy atom. The average molecular weight is 443 g/mol. The molecule has 0 spiro atoms. The number of nitrogens with one attached hydrogen (secondary N) is 1. The highest BCUT2D eigenvalue weighted by molar-refractivity contribution is 7.92. The summed E-state index contributed by atoms with van der Waals surface area (Å²) < 4.78 is 25.6. The SMILES string of the molecule is Cc1ccc(N(CC(=O)NN=C2CCN(Cc3ccccc3)CC2)S(C)(=O)=O)cc1C. The van der Waals surface area contributed by atoms with Gasteiger partial charge in [-0.3, -0.25) is 14.0 Å². The first-order chi connectivity index (χ1) is 14.7. The molecule has 1 aliphatic rings. The van der Waals surface area contributed by atoms with Crippen molar-refractivity contribution < 1.29 is 13.2 Å². The second-order valence-electron chi connectivity index (χ2n) is 8.01. The summed E-state index contributed by atoms with van der Waals surface area (Å²) in [5.41, 5.74) is 7.25. The number of piperidine rings is 1. The van der Waals surface area contributed by atoms with Gasteiger partial charge >= 0.3 is 0 Å². The molecule has 1 saturated heterocycles. The van der Waals surface area contributed by atoms with E-state index in [9.17, 15) is 13.2 Å². The standard InChI is InChI=1S/C23H30N4O3S/c1-18-9-10-22(15-19(18)2)27(31(3,29)30)17-23(28)25-24-21-11-13-26(14-12-21)16-20-7-5-4-6-8-20/h4-10,15H,11-14,16-17H2,1-3H3,(H,25,28). The number of benzene rings is 2. The zero-order valence-corrected chi connectivity index (χ0v) is 19.2. The summed E-state index contributed by atoms with van der Waals surface area (Å²) in [6.07, 6.45) is 2.66. The van der Waals surface area contributed by atoms with Gasteiger partial charge in [0, 0.05) is 38.2 Å². The van der Waals surface area contributed by atoms with Gasteiger partial charge in [0.05, 0.1) is 11.9 Å². The Morgan fingerprint density at radius 1 is 1.06 bits per heavy atom. The zero-order chi connectivity index (χ0) is 22.4. The predicted molar refractivity (Wildman–Crippen MR) is 125 cm³/mol. The molecule has 1 fully saturated rings. The van der Waals surface area contributed by atoms with E-state index in [1.165, 1.54) is 5.56 Å². The molecule has 0 aliphatic carbocycles. The van der Waals surface area contributed by atoms with Crippen molar-refractivity contribution in [2.75, 3.05) is 30.2 Å². The Bertz CT molecular complexity index is 1040. The Labute approximate surface area is 184 Å². The molecule has 1 aliphatic heterocycles. The molecule has 0 saturated carbocycles. The number of rotatable bonds is 7. The van der Waals surface area contributed by atoms with Crippen LogP contribution in [-0.2, 0) is 21.4 Å². The number of likely N-dealkylation sites (tertiary alicyclic amines) is 1. The van der Waals surface area contributed by atoms with Crippen LogP contribution >= 0.6 is 0 Å². The van der Waals surface area contributed by atoms with Gasteiger partial charge in [-0.25, -0.2) is 13.8 Å². The largest absolute Gasteiger partial charge is 0.298 e. The summed E-state index contributed by atoms with van der Waals surface area (Å²) in [5, 5.41) is 4.25. The van der Waals surface area contributed by atoms with Crippen LogP contribution in [0.1, 0.15) is 29.5 Å². The average Bonchev–Trinajstić information content (AvgIpc) is 2.73. The van der Waals surface area contributed by atoms with Crippen LogP contribution in [0.25, 0.3) is 0 Å². The van der Waals surface area contributed by atoms with Crippen LogP contribution in [0.3, 0.4) is 0 Å². The molecule has 166 valence electrons. The molecule has 31 heavy (non-hydrogen) atoms. The fourth-order valence-corrected chi connectivity index (χ4v) is 4.36. The number of carbonyl (C=O) groups is 1. The Balaban J connectivity index is 1.55. The number of aryl methyl sites for hydroxylation is 2. The number of carbonyl (C=O) groups excluding carboxylic acids is 1. The molecule has 2 aromatic carbocycles. The quantitative estimate of drug-likeness (QED) is 0.669. The summed E-state index contributed by atoms with van der Waals surface area (Å²) in [6.45, 7) is 6.22. The summed E-state index contributed by atoms with van der Waals surface area (Å²) in [5.74, 6) is -0.456. The highest BCUT2D eigenvalue weighted by atomic mass is 32.2. The van der Waals surface area contributed by atoms with Crippen molar-refractivity contribution >= 4 is 27.3 Å². The van der Waals surface area contributed by atoms with E-state index < -0.39 is 15.9 Å². The first-order valence-corrected chi connectivity index (χ1v) is 12.2. The van der Waals surface area contributed by atoms with Crippen LogP contribution in [0.2, 0.25) is 0 Å². The van der Waals surface area contributed by atoms with Gasteiger partial charge in [-0.15, -0.1) is 0 Å². The van der Waals surface area contributed by atoms with Crippen molar-refractivity contribution in [3.63, 3.8) is 0 Å². The molecule has 2 aromatic rings. The van der Waals surface area contributed by atoms with Gasteiger partial charge in [0.15, 0.2) is 0 Å². The topological polar surface area (TPSA) is 82.1 Å². The van der Waals surface area contributed by atoms with E-state index in [0.29, 0.717) is 5.69 Å². The molecule has 0 radical (unpaired) electrons. The van der Waals surface area contributed by atoms with Crippen LogP contribution in [0.4, 0.5) is 5.69 Å². The Hall–Kier alpha value is -2.71. The van der Waals surface area contributed by atoms with Gasteiger partial charge in [0.2, 0.25) is 10.0 Å². The highest BCUT2D eigenvalue weighted by Gasteiger charge is 2.21. The molecule has 1 amide bonds. The van der Waals surface area contributed by atoms with Crippen LogP contribution in [-0.4, -0.2) is 50.8 Å². The monoisotopic (exact) mass is 442 g/mol. The number of hydrogen-bond donors (Lipinski definition) is 1. The number of anilines is 1. The molecule has 8 heteroatoms. The Morgan fingerprint density at radius 3 is 2.35 bits per heavy atom. The first kappa shape index (κ1) is 23.0. The summed E-state index contributed by atoms with van der Waals surface area (Å²) in [6, 6.07) is 15.7. The molecule has 0 bridgehead atoms. The highest BCUT2D eigenvalue weighted by Crippen LogP contribution is 2.21. The fraction of sp³-hybridized carbons (Fsp3) is 0.391. The van der Waals surface area contributed by atoms with Crippen LogP contribution in [0.5, 0.6) is 0 Å². The lowest BCUT2D eigenvalue weighted by molar-refractivity contribution is -0.119. The molecule has 1 heterocycles. The summed E-state index contributed by atoms with van der Waals surface area (Å²) in [7, 11) is -3.61. The maximum absolute atomic E-state index is 12.4. The lowest BCUT2D eigenvalue weighted by Gasteiger charge is -2.27. The number of amides is 1. The Kier molecular flexibility index (Phi) is 7.46. The van der Waals surface area contributed by atoms with E-state index in [4.69, 9.17) is 0 Å². The lowest BCUT2D eigenvalue weighted by Crippen LogP contribution is -2.40. The summed E-state index contributed by atoms with van der Waals surface area (Å²) in [4.78, 5) is 14.8. The van der Waals surface area contributed by atoms with Crippen LogP contribution in [0.15, 0.2) is 53.6 Å². The number of sulfonamides is 1. The molecular weight excluding hydrogens is 412 g/mol. The van der Waals surface area contributed by atoms with E-state index in [0.717, 1.165) is 59.9 Å². The molecular formula is C23H30N4O3S. The third-order valence-corrected chi connectivity index (χ3v) is 6.63. The fourth-order valence-electron chi connectivity index (χ4n) is 3.51. The first-order valence-electron chi connectivity index (χ1n) is 10.4. The maximum Gasteiger partial charge on any atom is 0.260 e. The van der Waals surface area contributed by atoms with Gasteiger partial charge in [-0.1, -0.05) is 36.4 Å². The van der Waals surface area contributed by atoms with E-state index in [1.807, 2.05) is 38.1 Å². The predicted octanol–water partition coefficient (Wildman–Crippen LogP) is 2.84. The van der Waals surface area contributed by atoms with Gasteiger partial charge < -0.3 is 0 Å². The second kappa shape index (κ2) is 10.1. The maximum atomic E-state index is 12.4. The number of nitrogens with zero attached hydrogens (tertiary/aromatic N) is 3. The van der Waals surface area contributed by atoms with Crippen molar-refractivity contribution in [2.24, 2.45) is 5.10 Å². The van der Waals surface area contributed by atoms with E-state index in [2.05, 4.69) is 27.6 Å². The van der Waals surface area contributed by atoms with E-state index in [-0.39, 0.29) is 6.54 Å². The number of hydrazone groups is 1. The molecule has 0 aromatic heterocycles. The van der Waals surface area contributed by atoms with Crippen LogP contribution < -0.4 is 9.73 Å². The minimum Gasteiger partial charge on any atom is -0.298 e. The molecule has 0 atom stereocenters. The third-order valence-electron chi connectivity index (χ3n) is 5.49. The zero-order valence-electron chi connectivity index (χ0n) is 18.3. The molecule has 3 rings (SSSR count). The van der Waals surface area contributed by atoms with Crippen molar-refractivity contribution in [1.29, 1.82) is 0 Å². The molecule has 0 unspecified atom stereocenters. The number of hydrogen-bond acceptors (Lipinski definition) is 5. The minimum atomic E-state index is -3.61. The van der Waals surface area contributed by atoms with Gasteiger partial charge in [0.1, 0.15) is 6.54 Å². The third kappa shape index (κ3) is 6.63. The smallest absolute Gasteiger partial charge is 0.260 e. The van der Waals surface area contributed by atoms with E-state index >= 15 is 0 Å². The van der Waals surface area contributed by atoms with E-state index in [1.54, 1.807) is 12.1 Å². The second-order valence-corrected chi connectivity index (χ2v) is 9.92. The van der Waals surface area contributed by atoms with Crippen molar-refractivity contribution in [3.05, 3.63) is 65.2 Å².